The van der Waals surface area contributed by atoms with Crippen LogP contribution in [-0.4, -0.2) is 105 Å². The van der Waals surface area contributed by atoms with E-state index in [-0.39, 0.29) is 101 Å². The van der Waals surface area contributed by atoms with Crippen molar-refractivity contribution in [1.82, 2.24) is 4.37 Å². The lowest BCUT2D eigenvalue weighted by Gasteiger charge is -2.12. The van der Waals surface area contributed by atoms with Gasteiger partial charge in [0.05, 0.1) is 76.2 Å². The Morgan fingerprint density at radius 3 is 1.36 bits per heavy atom. The average molecular weight is 1920 g/mol. The number of nitrogens with zero attached hydrogens (tertiary/aromatic N) is 9. The lowest BCUT2D eigenvalue weighted by atomic mass is 10.0. The summed E-state index contributed by atoms with van der Waals surface area (Å²) in [7, 11) is 2.41. The number of aryl methyl sites for hydroxylation is 3. The second kappa shape index (κ2) is 43.8. The van der Waals surface area contributed by atoms with Gasteiger partial charge in [-0.1, -0.05) is 145 Å². The number of amides is 4. The summed E-state index contributed by atoms with van der Waals surface area (Å²) in [6, 6.07) is 60.4. The molecule has 0 bridgehead atoms. The zero-order valence-electron chi connectivity index (χ0n) is 72.0. The van der Waals surface area contributed by atoms with E-state index < -0.39 is 47.1 Å². The van der Waals surface area contributed by atoms with Crippen molar-refractivity contribution in [3.05, 3.63) is 322 Å². The highest BCUT2D eigenvalue weighted by molar-refractivity contribution is 7.79. The number of phenolic OH excluding ortho intramolecular Hbond substituents is 4. The molecule has 9 N–H and O–H groups in total. The number of phenols is 4. The monoisotopic (exact) mass is 1920 g/mol. The largest absolute Gasteiger partial charge is 0.505 e. The van der Waals surface area contributed by atoms with E-state index >= 15 is 0 Å². The zero-order valence-corrected chi connectivity index (χ0v) is 76.9. The lowest BCUT2D eigenvalue weighted by molar-refractivity contribution is 0.0593. The average Bonchev–Trinajstić information content (AvgIpc) is 1.38. The number of nitrogens with one attached hydrogen (secondary N) is 4. The van der Waals surface area contributed by atoms with Gasteiger partial charge in [-0.15, -0.1) is 63.6 Å². The van der Waals surface area contributed by atoms with Crippen LogP contribution in [0.15, 0.2) is 264 Å². The van der Waals surface area contributed by atoms with E-state index in [1.807, 2.05) is 69.3 Å². The van der Waals surface area contributed by atoms with Crippen molar-refractivity contribution in [3.8, 4) is 23.0 Å². The molecule has 16 rings (SSSR count). The minimum Gasteiger partial charge on any atom is -0.505 e. The molecule has 0 aliphatic carbocycles. The van der Waals surface area contributed by atoms with Crippen LogP contribution >= 0.6 is 70.0 Å². The van der Waals surface area contributed by atoms with Crippen LogP contribution in [0.5, 0.6) is 23.0 Å². The Hall–Kier alpha value is -16.0. The zero-order chi connectivity index (χ0) is 96.4. The van der Waals surface area contributed by atoms with Gasteiger partial charge in [0.2, 0.25) is 0 Å². The van der Waals surface area contributed by atoms with E-state index in [4.69, 9.17) is 32.4 Å². The first-order valence-electron chi connectivity index (χ1n) is 40.2. The van der Waals surface area contributed by atoms with Crippen LogP contribution in [0.25, 0.3) is 43.1 Å². The molecule has 31 nitrogen and oxygen atoms in total. The van der Waals surface area contributed by atoms with Gasteiger partial charge in [-0.2, -0.15) is 17.0 Å². The summed E-state index contributed by atoms with van der Waals surface area (Å²) >= 11 is 19.6. The number of fused-ring (bicyclic) bond motifs is 4. The smallest absolute Gasteiger partial charge is 0.348 e. The van der Waals surface area contributed by atoms with Gasteiger partial charge in [0.15, 0.2) is 58.9 Å². The number of aliphatic hydroxyl groups is 1. The van der Waals surface area contributed by atoms with Gasteiger partial charge in [0.1, 0.15) is 55.1 Å². The number of rotatable bonds is 24. The molecule has 4 heterocycles. The summed E-state index contributed by atoms with van der Waals surface area (Å²) in [5.41, 5.74) is 7.43. The molecule has 0 unspecified atom stereocenters. The van der Waals surface area contributed by atoms with E-state index in [2.05, 4.69) is 83.9 Å². The number of carbonyl (C=O) groups excluding carboxylic acids is 10. The minimum absolute atomic E-state index is 0.0208. The van der Waals surface area contributed by atoms with Crippen molar-refractivity contribution in [2.45, 2.75) is 47.0 Å². The van der Waals surface area contributed by atoms with Crippen LogP contribution < -0.4 is 21.3 Å². The number of aliphatic hydroxyl groups excluding tert-OH is 1. The maximum Gasteiger partial charge on any atom is 0.348 e. The number of azo groups is 4. The molecule has 12 aromatic carbocycles. The van der Waals surface area contributed by atoms with Crippen molar-refractivity contribution in [2.24, 2.45) is 40.9 Å². The predicted molar refractivity (Wildman–Crippen MR) is 523 cm³/mol. The Balaban J connectivity index is 0.000000153. The molecule has 135 heavy (non-hydrogen) atoms. The molecule has 37 heteroatoms. The Morgan fingerprint density at radius 1 is 0.430 bits per heavy atom. The first-order valence-corrected chi connectivity index (χ1v) is 44.0. The third-order valence-corrected chi connectivity index (χ3v) is 24.7. The second-order valence-corrected chi connectivity index (χ2v) is 33.4. The molecule has 16 aromatic rings. The number of benzene rings is 12. The predicted octanol–water partition coefficient (Wildman–Crippen LogP) is 25.6. The Kier molecular flexibility index (Phi) is 31.3. The van der Waals surface area contributed by atoms with Crippen LogP contribution in [0, 0.1) is 34.6 Å². The number of esters is 2. The SMILES string of the molecule is COC(=O)c1coc(C=O)c1N=Nc1c(O)c(C(=O)Nc2ccc(CS)cc2)cc2ccccc12.COC(=O)c1sc(N=Nc2c(O)c(C(=O)Nc3ccccc3Cl)cc3ccccc23)c(C=O)c1C.Cc1cccc(NC(=O)c2cc3ccccc3c(N=Nc3sc(C)c(C)c3C=O)c2O)c1.Cc1nsc(N=Nc2c(O)c(C(=O)Nc3ccc(Cl)cc3)cc3cc(CO)ccc23)c1C=O. The summed E-state index contributed by atoms with van der Waals surface area (Å²) in [6.45, 7) is 8.81. The number of thiophene rings is 2. The summed E-state index contributed by atoms with van der Waals surface area (Å²) < 4.78 is 18.6. The summed E-state index contributed by atoms with van der Waals surface area (Å²) in [6.07, 6.45) is 3.40. The van der Waals surface area contributed by atoms with Gasteiger partial charge >= 0.3 is 11.9 Å². The number of aromatic nitrogens is 1. The first kappa shape index (κ1) is 96.5. The molecule has 0 atom stereocenters. The number of aldehydes is 4. The fourth-order valence-electron chi connectivity index (χ4n) is 13.5. The number of thiol groups is 1. The van der Waals surface area contributed by atoms with Crippen molar-refractivity contribution in [3.63, 3.8) is 0 Å². The molecule has 678 valence electrons. The van der Waals surface area contributed by atoms with Gasteiger partial charge < -0.3 is 60.7 Å². The maximum absolute atomic E-state index is 13.0. The minimum atomic E-state index is -0.776. The second-order valence-electron chi connectivity index (χ2n) is 29.3. The third kappa shape index (κ3) is 21.9. The van der Waals surface area contributed by atoms with Crippen molar-refractivity contribution in [2.75, 3.05) is 35.5 Å². The molecule has 0 saturated carbocycles. The summed E-state index contributed by atoms with van der Waals surface area (Å²) in [5.74, 6) is -4.67. The van der Waals surface area contributed by atoms with E-state index in [0.29, 0.717) is 128 Å². The van der Waals surface area contributed by atoms with Gasteiger partial charge in [0.25, 0.3) is 23.6 Å². The molecule has 0 radical (unpaired) electrons. The van der Waals surface area contributed by atoms with Gasteiger partial charge in [-0.05, 0) is 187 Å². The van der Waals surface area contributed by atoms with Crippen LogP contribution in [0.1, 0.15) is 141 Å². The summed E-state index contributed by atoms with van der Waals surface area (Å²) in [5, 5.41) is 104. The maximum atomic E-state index is 13.0. The van der Waals surface area contributed by atoms with E-state index in [1.54, 1.807) is 159 Å². The van der Waals surface area contributed by atoms with Crippen molar-refractivity contribution >= 4 is 240 Å². The van der Waals surface area contributed by atoms with E-state index in [0.717, 1.165) is 62.4 Å². The van der Waals surface area contributed by atoms with Gasteiger partial charge in [0, 0.05) is 54.3 Å². The highest BCUT2D eigenvalue weighted by Crippen LogP contribution is 2.47. The molecular weight excluding hydrogens is 1850 g/mol. The molecular formula is C98H75Cl2N13O18S4. The number of para-hydroxylation sites is 1. The highest BCUT2D eigenvalue weighted by Gasteiger charge is 2.28. The highest BCUT2D eigenvalue weighted by atomic mass is 35.5. The summed E-state index contributed by atoms with van der Waals surface area (Å²) in [4.78, 5) is 123. The quantitative estimate of drug-likeness (QED) is 0.0116. The van der Waals surface area contributed by atoms with Gasteiger partial charge in [-0.3, -0.25) is 38.4 Å². The fraction of sp³-hybridized carbons (Fsp3) is 0.0918. The first-order chi connectivity index (χ1) is 65.1. The van der Waals surface area contributed by atoms with E-state index in [1.165, 1.54) is 43.8 Å². The topological polar surface area (TPSA) is 463 Å². The molecule has 0 aliphatic heterocycles. The number of ether oxygens (including phenoxy) is 2. The van der Waals surface area contributed by atoms with E-state index in [9.17, 15) is 73.5 Å². The fourth-order valence-corrected chi connectivity index (χ4v) is 16.7. The Labute approximate surface area is 794 Å². The Morgan fingerprint density at radius 2 is 0.867 bits per heavy atom. The van der Waals surface area contributed by atoms with Crippen LogP contribution in [0.4, 0.5) is 66.2 Å². The number of furan rings is 1. The Bertz CT molecular complexity index is 7520. The number of carbonyl (C=O) groups is 10. The number of halogens is 2. The van der Waals surface area contributed by atoms with Gasteiger partial charge in [-0.25, -0.2) is 9.59 Å². The molecule has 0 spiro atoms. The number of aromatic hydroxyl groups is 4. The van der Waals surface area contributed by atoms with Crippen LogP contribution in [0.3, 0.4) is 0 Å². The molecule has 0 saturated heterocycles. The third-order valence-electron chi connectivity index (χ3n) is 20.7. The molecule has 0 fully saturated rings. The van der Waals surface area contributed by atoms with Crippen molar-refractivity contribution in [1.29, 1.82) is 0 Å². The number of methoxy groups -OCH3 is 2. The lowest BCUT2D eigenvalue weighted by Crippen LogP contribution is -2.12. The number of hydrogen-bond donors (Lipinski definition) is 10. The number of anilines is 4. The number of hydrogen-bond acceptors (Lipinski definition) is 31. The molecule has 4 amide bonds. The molecule has 4 aromatic heterocycles. The van der Waals surface area contributed by atoms with Crippen molar-refractivity contribution < 1.29 is 87.4 Å². The molecule has 0 aliphatic rings. The van der Waals surface area contributed by atoms with Crippen LogP contribution in [-0.2, 0) is 21.8 Å². The van der Waals surface area contributed by atoms with Crippen LogP contribution in [0.2, 0.25) is 10.0 Å². The standard InChI is InChI=1S/C25H18ClN3O5S.C25H19N3O6S.C25H21N3O3S.C23H17ClN4O4S/c1-13-17(12-30)24(35-22(13)25(33)34-2)29-28-20-15-8-4-3-7-14(15)11-16(21(20)31)23(32)27-19-10-6-5-9-18(19)26;1-33-25(32)19-12-34-20(11-29)21(19)27-28-22-17-5-3-2-4-15(17)10-18(23(22)30)24(31)26-16-8-6-14(13-35)7-9-16;1-14-7-6-9-18(11-14)26-24(31)20-12-17-8-4-5-10-19(17)22(23(20)30)27-28-25-21(13-29)15(2)16(3)32-25;1-12-19(11-30)23(33-28-12)27-26-20-17-7-2-13(10-29)8-14(17)9-18(21(20)31)22(32)25-16-5-3-15(24)4-6-16/h3-12,31H,1-2H3,(H,27,32);2-12,30,35H,13H2,1H3,(H,26,31);4-13,30H,1-3H3,(H,26,31);2-9,11,29,31H,10H2,1H3,(H,25,32). The normalized spacial score (nSPS) is 11.1.